The number of carbonyl (C=O) groups excluding carboxylic acids is 1. The molecule has 2 heterocycles. The molecule has 0 spiro atoms. The fourth-order valence-electron chi connectivity index (χ4n) is 3.59. The molecule has 1 aliphatic heterocycles. The summed E-state index contributed by atoms with van der Waals surface area (Å²) in [6.45, 7) is 0.343. The minimum Gasteiger partial charge on any atom is -0.507 e. The van der Waals surface area contributed by atoms with Crippen LogP contribution in [-0.4, -0.2) is 44.4 Å². The molecule has 8 heteroatoms. The maximum Gasteiger partial charge on any atom is 0.273 e. The topological polar surface area (TPSA) is 89.5 Å². The van der Waals surface area contributed by atoms with E-state index in [-0.39, 0.29) is 18.3 Å². The van der Waals surface area contributed by atoms with Crippen LogP contribution >= 0.6 is 23.2 Å². The summed E-state index contributed by atoms with van der Waals surface area (Å²) >= 11 is 12.3. The van der Waals surface area contributed by atoms with Gasteiger partial charge in [0.1, 0.15) is 17.1 Å². The van der Waals surface area contributed by atoms with Gasteiger partial charge in [-0.1, -0.05) is 35.3 Å². The zero-order chi connectivity index (χ0) is 19.8. The number of amides is 1. The quantitative estimate of drug-likeness (QED) is 0.584. The number of benzene rings is 2. The minimum absolute atomic E-state index is 0.0183. The summed E-state index contributed by atoms with van der Waals surface area (Å²) in [4.78, 5) is 14.7. The Bertz CT molecular complexity index is 1050. The van der Waals surface area contributed by atoms with E-state index in [0.717, 1.165) is 5.56 Å². The summed E-state index contributed by atoms with van der Waals surface area (Å²) < 4.78 is 0. The maximum absolute atomic E-state index is 13.0. The molecule has 0 saturated carbocycles. The van der Waals surface area contributed by atoms with E-state index in [1.807, 2.05) is 12.1 Å². The smallest absolute Gasteiger partial charge is 0.273 e. The van der Waals surface area contributed by atoms with E-state index in [0.29, 0.717) is 45.5 Å². The van der Waals surface area contributed by atoms with Crippen molar-refractivity contribution in [2.75, 3.05) is 13.2 Å². The molecule has 1 aliphatic rings. The first kappa shape index (κ1) is 18.8. The number of nitrogens with zero attached hydrogens (tertiary/aromatic N) is 2. The maximum atomic E-state index is 13.0. The van der Waals surface area contributed by atoms with Crippen molar-refractivity contribution < 1.29 is 15.0 Å². The number of aliphatic hydroxyl groups is 1. The molecule has 144 valence electrons. The van der Waals surface area contributed by atoms with Crippen LogP contribution in [0.3, 0.4) is 0 Å². The number of rotatable bonds is 5. The molecule has 28 heavy (non-hydrogen) atoms. The monoisotopic (exact) mass is 417 g/mol. The Kier molecular flexibility index (Phi) is 5.02. The summed E-state index contributed by atoms with van der Waals surface area (Å²) in [5.41, 5.74) is 2.73. The van der Waals surface area contributed by atoms with E-state index >= 15 is 0 Å². The van der Waals surface area contributed by atoms with Crippen molar-refractivity contribution in [3.8, 4) is 17.0 Å². The van der Waals surface area contributed by atoms with Crippen LogP contribution in [0.4, 0.5) is 0 Å². The molecule has 6 nitrogen and oxygen atoms in total. The Labute approximate surface area is 171 Å². The third-order valence-electron chi connectivity index (χ3n) is 4.80. The fraction of sp³-hybridized carbons (Fsp3) is 0.200. The first-order chi connectivity index (χ1) is 13.5. The van der Waals surface area contributed by atoms with Gasteiger partial charge < -0.3 is 15.1 Å². The van der Waals surface area contributed by atoms with Crippen LogP contribution in [0.2, 0.25) is 10.0 Å². The second-order valence-electron chi connectivity index (χ2n) is 6.56. The van der Waals surface area contributed by atoms with E-state index < -0.39 is 6.04 Å². The van der Waals surface area contributed by atoms with Gasteiger partial charge in [0.2, 0.25) is 0 Å². The number of phenolic OH excluding ortho intramolecular Hbond substituents is 1. The van der Waals surface area contributed by atoms with Gasteiger partial charge in [0, 0.05) is 34.3 Å². The van der Waals surface area contributed by atoms with Gasteiger partial charge in [-0.05, 0) is 42.3 Å². The lowest BCUT2D eigenvalue weighted by molar-refractivity contribution is 0.0732. The molecular weight excluding hydrogens is 401 g/mol. The summed E-state index contributed by atoms with van der Waals surface area (Å²) in [6, 6.07) is 11.5. The lowest BCUT2D eigenvalue weighted by Gasteiger charge is -2.26. The van der Waals surface area contributed by atoms with E-state index in [4.69, 9.17) is 23.2 Å². The predicted octanol–water partition coefficient (Wildman–Crippen LogP) is 4.02. The largest absolute Gasteiger partial charge is 0.507 e. The lowest BCUT2D eigenvalue weighted by atomic mass is 9.95. The van der Waals surface area contributed by atoms with Crippen LogP contribution < -0.4 is 0 Å². The number of aliphatic hydroxyl groups excluding tert-OH is 1. The van der Waals surface area contributed by atoms with Crippen molar-refractivity contribution in [3.05, 3.63) is 69.3 Å². The average molecular weight is 418 g/mol. The first-order valence-electron chi connectivity index (χ1n) is 8.75. The molecule has 4 rings (SSSR count). The number of nitrogens with one attached hydrogen (secondary N) is 1. The molecule has 1 amide bonds. The lowest BCUT2D eigenvalue weighted by Crippen LogP contribution is -2.31. The molecule has 0 fully saturated rings. The molecule has 3 N–H and O–H groups in total. The number of H-pyrrole nitrogens is 1. The van der Waals surface area contributed by atoms with Gasteiger partial charge in [-0.25, -0.2) is 0 Å². The zero-order valence-corrected chi connectivity index (χ0v) is 16.2. The number of hydrogen-bond donors (Lipinski definition) is 3. The van der Waals surface area contributed by atoms with E-state index in [1.165, 1.54) is 6.07 Å². The van der Waals surface area contributed by atoms with Gasteiger partial charge in [0.05, 0.1) is 6.04 Å². The predicted molar refractivity (Wildman–Crippen MR) is 107 cm³/mol. The van der Waals surface area contributed by atoms with Gasteiger partial charge in [-0.2, -0.15) is 5.10 Å². The van der Waals surface area contributed by atoms with Crippen LogP contribution in [-0.2, 0) is 0 Å². The minimum atomic E-state index is -0.445. The molecule has 0 radical (unpaired) electrons. The number of halogens is 2. The van der Waals surface area contributed by atoms with Crippen molar-refractivity contribution in [2.24, 2.45) is 0 Å². The van der Waals surface area contributed by atoms with Gasteiger partial charge in [-0.3, -0.25) is 9.89 Å². The van der Waals surface area contributed by atoms with Crippen molar-refractivity contribution in [2.45, 2.75) is 12.5 Å². The molecule has 1 atom stereocenters. The highest BCUT2D eigenvalue weighted by molar-refractivity contribution is 6.31. The standard InChI is InChI=1S/C20H17Cl2N3O3/c21-12-4-1-3-11(9-12)19-16-17(14-10-13(22)5-6-15(14)27)23-24-18(16)20(28)25(19)7-2-8-26/h1,3-6,9-10,19,26-27H,2,7-8H2,(H,23,24). The van der Waals surface area contributed by atoms with Gasteiger partial charge in [-0.15, -0.1) is 0 Å². The molecule has 1 unspecified atom stereocenters. The SMILES string of the molecule is O=C1c2[nH]nc(-c3cc(Cl)ccc3O)c2C(c2cccc(Cl)c2)N1CCCO. The van der Waals surface area contributed by atoms with Crippen molar-refractivity contribution >= 4 is 29.1 Å². The number of aromatic hydroxyl groups is 1. The number of fused-ring (bicyclic) bond motifs is 1. The van der Waals surface area contributed by atoms with Crippen molar-refractivity contribution in [1.29, 1.82) is 0 Å². The van der Waals surface area contributed by atoms with Gasteiger partial charge >= 0.3 is 0 Å². The highest BCUT2D eigenvalue weighted by Gasteiger charge is 2.42. The average Bonchev–Trinajstić information content (AvgIpc) is 3.21. The van der Waals surface area contributed by atoms with Crippen LogP contribution in [0, 0.1) is 0 Å². The Morgan fingerprint density at radius 2 is 1.93 bits per heavy atom. The van der Waals surface area contributed by atoms with Crippen LogP contribution in [0.25, 0.3) is 11.3 Å². The third kappa shape index (κ3) is 3.13. The summed E-state index contributed by atoms with van der Waals surface area (Å²) in [6.07, 6.45) is 0.443. The third-order valence-corrected chi connectivity index (χ3v) is 5.27. The molecule has 0 saturated heterocycles. The zero-order valence-electron chi connectivity index (χ0n) is 14.7. The number of aromatic nitrogens is 2. The van der Waals surface area contributed by atoms with E-state index in [1.54, 1.807) is 29.2 Å². The molecule has 0 bridgehead atoms. The highest BCUT2D eigenvalue weighted by Crippen LogP contribution is 2.45. The van der Waals surface area contributed by atoms with Crippen molar-refractivity contribution in [3.63, 3.8) is 0 Å². The molecule has 2 aromatic carbocycles. The molecule has 0 aliphatic carbocycles. The second-order valence-corrected chi connectivity index (χ2v) is 7.43. The number of hydrogen-bond acceptors (Lipinski definition) is 4. The Morgan fingerprint density at radius 1 is 1.14 bits per heavy atom. The number of aromatic amines is 1. The van der Waals surface area contributed by atoms with Crippen LogP contribution in [0.1, 0.15) is 34.1 Å². The fourth-order valence-corrected chi connectivity index (χ4v) is 3.97. The summed E-state index contributed by atoms with van der Waals surface area (Å²) in [5.74, 6) is -0.196. The Balaban J connectivity index is 1.91. The number of carbonyl (C=O) groups is 1. The van der Waals surface area contributed by atoms with Crippen LogP contribution in [0.15, 0.2) is 42.5 Å². The summed E-state index contributed by atoms with van der Waals surface area (Å²) in [7, 11) is 0. The normalized spacial score (nSPS) is 15.9. The van der Waals surface area contributed by atoms with E-state index in [9.17, 15) is 15.0 Å². The van der Waals surface area contributed by atoms with Crippen molar-refractivity contribution in [1.82, 2.24) is 15.1 Å². The molecule has 1 aromatic heterocycles. The molecule has 3 aromatic rings. The Morgan fingerprint density at radius 3 is 2.68 bits per heavy atom. The summed E-state index contributed by atoms with van der Waals surface area (Å²) in [5, 5.41) is 27.7. The number of phenols is 1. The van der Waals surface area contributed by atoms with Crippen LogP contribution in [0.5, 0.6) is 5.75 Å². The van der Waals surface area contributed by atoms with E-state index in [2.05, 4.69) is 10.2 Å². The van der Waals surface area contributed by atoms with Gasteiger partial charge in [0.25, 0.3) is 5.91 Å². The second kappa shape index (κ2) is 7.47. The highest BCUT2D eigenvalue weighted by atomic mass is 35.5. The molecular formula is C20H17Cl2N3O3. The Hall–Kier alpha value is -2.54. The first-order valence-corrected chi connectivity index (χ1v) is 9.51. The van der Waals surface area contributed by atoms with Gasteiger partial charge in [0.15, 0.2) is 0 Å².